The Kier molecular flexibility index (Phi) is 6.76. The molecule has 3 aromatic rings. The van der Waals surface area contributed by atoms with Crippen molar-refractivity contribution in [2.75, 3.05) is 7.11 Å². The minimum atomic E-state index is -0.489. The van der Waals surface area contributed by atoms with Crippen molar-refractivity contribution in [3.63, 3.8) is 0 Å². The third-order valence-electron chi connectivity index (χ3n) is 3.67. The first-order valence-electron chi connectivity index (χ1n) is 8.19. The summed E-state index contributed by atoms with van der Waals surface area (Å²) in [4.78, 5) is 17.1. The van der Waals surface area contributed by atoms with Crippen LogP contribution in [0.5, 0.6) is 0 Å². The molecular weight excluding hydrogens is 505 g/mol. The molecule has 2 aromatic heterocycles. The van der Waals surface area contributed by atoms with Crippen molar-refractivity contribution in [2.45, 2.75) is 30.2 Å². The molecule has 0 spiro atoms. The molecule has 0 fully saturated rings. The van der Waals surface area contributed by atoms with Gasteiger partial charge >= 0.3 is 5.97 Å². The van der Waals surface area contributed by atoms with E-state index in [1.165, 1.54) is 23.1 Å². The summed E-state index contributed by atoms with van der Waals surface area (Å²) < 4.78 is 8.02. The van der Waals surface area contributed by atoms with Gasteiger partial charge in [0, 0.05) is 10.8 Å². The van der Waals surface area contributed by atoms with Crippen LogP contribution in [0.3, 0.4) is 0 Å². The molecule has 5 nitrogen and oxygen atoms in total. The highest BCUT2D eigenvalue weighted by Crippen LogP contribution is 2.41. The molecule has 28 heavy (non-hydrogen) atoms. The molecule has 10 heteroatoms. The number of carbonyl (C=O) groups is 1. The Hall–Kier alpha value is -1.06. The van der Waals surface area contributed by atoms with Crippen LogP contribution in [0.15, 0.2) is 26.9 Å². The van der Waals surface area contributed by atoms with E-state index in [-0.39, 0.29) is 0 Å². The topological polar surface area (TPSA) is 57.0 Å². The second kappa shape index (κ2) is 8.75. The van der Waals surface area contributed by atoms with Gasteiger partial charge in [-0.25, -0.2) is 9.78 Å². The summed E-state index contributed by atoms with van der Waals surface area (Å²) in [6.45, 7) is 6.03. The summed E-state index contributed by atoms with van der Waals surface area (Å²) in [5, 5.41) is 6.33. The van der Waals surface area contributed by atoms with Gasteiger partial charge in [-0.15, -0.1) is 11.8 Å². The molecule has 3 rings (SSSR count). The highest BCUT2D eigenvalue weighted by Gasteiger charge is 2.25. The number of aromatic nitrogens is 3. The number of halogens is 3. The average molecular weight is 521 g/mol. The molecule has 0 saturated carbocycles. The zero-order valence-electron chi connectivity index (χ0n) is 15.4. The molecule has 0 amide bonds. The fourth-order valence-electron chi connectivity index (χ4n) is 2.43. The molecule has 0 atom stereocenters. The predicted octanol–water partition coefficient (Wildman–Crippen LogP) is 6.66. The van der Waals surface area contributed by atoms with Gasteiger partial charge in [-0.3, -0.25) is 0 Å². The number of aryl methyl sites for hydroxylation is 1. The van der Waals surface area contributed by atoms with Crippen molar-refractivity contribution < 1.29 is 9.53 Å². The van der Waals surface area contributed by atoms with E-state index in [9.17, 15) is 4.79 Å². The van der Waals surface area contributed by atoms with Gasteiger partial charge in [0.1, 0.15) is 0 Å². The van der Waals surface area contributed by atoms with E-state index in [2.05, 4.69) is 34.9 Å². The molecular formula is C18H16BrCl2N3O2S2. The fraction of sp³-hybridized carbons (Fsp3) is 0.278. The fourth-order valence-corrected chi connectivity index (χ4v) is 5.61. The zero-order chi connectivity index (χ0) is 20.6. The number of hydrogen-bond acceptors (Lipinski definition) is 6. The summed E-state index contributed by atoms with van der Waals surface area (Å²) >= 11 is 18.8. The van der Waals surface area contributed by atoms with E-state index in [0.717, 1.165) is 15.5 Å². The molecule has 0 aliphatic heterocycles. The van der Waals surface area contributed by atoms with Gasteiger partial charge in [-0.2, -0.15) is 9.78 Å². The molecule has 0 unspecified atom stereocenters. The first-order valence-corrected chi connectivity index (χ1v) is 11.4. The van der Waals surface area contributed by atoms with E-state index < -0.39 is 5.97 Å². The quantitative estimate of drug-likeness (QED) is 0.278. The summed E-state index contributed by atoms with van der Waals surface area (Å²) in [5.74, 6) is -0.489. The van der Waals surface area contributed by atoms with Crippen molar-refractivity contribution in [2.24, 2.45) is 0 Å². The lowest BCUT2D eigenvalue weighted by molar-refractivity contribution is 0.0589. The van der Waals surface area contributed by atoms with Crippen LogP contribution in [0.4, 0.5) is 0 Å². The van der Waals surface area contributed by atoms with Crippen LogP contribution in [0.25, 0.3) is 16.4 Å². The Morgan fingerprint density at radius 3 is 2.64 bits per heavy atom. The van der Waals surface area contributed by atoms with E-state index in [1.807, 2.05) is 13.0 Å². The Morgan fingerprint density at radius 1 is 1.32 bits per heavy atom. The number of thioether (sulfide) groups is 1. The van der Waals surface area contributed by atoms with Crippen LogP contribution in [-0.4, -0.2) is 33.1 Å². The zero-order valence-corrected chi connectivity index (χ0v) is 20.1. The van der Waals surface area contributed by atoms with Crippen LogP contribution in [0, 0.1) is 6.92 Å². The number of benzene rings is 1. The highest BCUT2D eigenvalue weighted by molar-refractivity contribution is 9.10. The number of carbonyl (C=O) groups excluding carboxylic acids is 1. The Morgan fingerprint density at radius 2 is 2.04 bits per heavy atom. The highest BCUT2D eigenvalue weighted by atomic mass is 79.9. The van der Waals surface area contributed by atoms with Crippen molar-refractivity contribution in [1.82, 2.24) is 14.8 Å². The van der Waals surface area contributed by atoms with Crippen LogP contribution in [-0.2, 0) is 4.74 Å². The average Bonchev–Trinajstić information content (AvgIpc) is 3.18. The standard InChI is InChI=1S/C18H16BrCl2N3O2S2/c1-8(2)27-17-14(10-5-6-11(20)12(21)7-10)22-18(28-17)24-15(16(25)26-4)13(19)9(3)23-24/h5-8H,1-4H3. The number of esters is 1. The molecule has 0 radical (unpaired) electrons. The largest absolute Gasteiger partial charge is 0.464 e. The lowest BCUT2D eigenvalue weighted by atomic mass is 10.2. The first-order chi connectivity index (χ1) is 13.2. The Bertz CT molecular complexity index is 1050. The minimum Gasteiger partial charge on any atom is -0.464 e. The van der Waals surface area contributed by atoms with Gasteiger partial charge in [0.25, 0.3) is 0 Å². The number of rotatable bonds is 5. The first kappa shape index (κ1) is 21.6. The maximum Gasteiger partial charge on any atom is 0.358 e. The SMILES string of the molecule is COC(=O)c1c(Br)c(C)nn1-c1nc(-c2ccc(Cl)c(Cl)c2)c(SC(C)C)s1. The summed E-state index contributed by atoms with van der Waals surface area (Å²) in [6, 6.07) is 5.41. The molecule has 0 saturated heterocycles. The van der Waals surface area contributed by atoms with Gasteiger partial charge in [-0.05, 0) is 35.0 Å². The van der Waals surface area contributed by atoms with E-state index >= 15 is 0 Å². The molecule has 2 heterocycles. The van der Waals surface area contributed by atoms with E-state index in [1.54, 1.807) is 23.9 Å². The Balaban J connectivity index is 2.19. The van der Waals surface area contributed by atoms with E-state index in [4.69, 9.17) is 32.9 Å². The summed E-state index contributed by atoms with van der Waals surface area (Å²) in [7, 11) is 1.34. The third kappa shape index (κ3) is 4.26. The lowest BCUT2D eigenvalue weighted by Crippen LogP contribution is -2.10. The second-order valence-corrected chi connectivity index (χ2v) is 10.5. The van der Waals surface area contributed by atoms with Gasteiger partial charge < -0.3 is 4.74 Å². The maximum absolute atomic E-state index is 12.3. The number of ether oxygens (including phenoxy) is 1. The Labute approximate surface area is 189 Å². The molecule has 0 N–H and O–H groups in total. The minimum absolute atomic E-state index is 0.301. The van der Waals surface area contributed by atoms with Crippen LogP contribution in [0.2, 0.25) is 10.0 Å². The summed E-state index contributed by atoms with van der Waals surface area (Å²) in [6.07, 6.45) is 0. The molecule has 0 bridgehead atoms. The maximum atomic E-state index is 12.3. The molecule has 0 aliphatic carbocycles. The van der Waals surface area contributed by atoms with Gasteiger partial charge in [0.05, 0.1) is 37.2 Å². The van der Waals surface area contributed by atoms with Crippen molar-refractivity contribution in [3.05, 3.63) is 44.1 Å². The number of thiazole rings is 1. The van der Waals surface area contributed by atoms with Crippen molar-refractivity contribution in [1.29, 1.82) is 0 Å². The van der Waals surface area contributed by atoms with Gasteiger partial charge in [0.2, 0.25) is 5.13 Å². The second-order valence-electron chi connectivity index (χ2n) is 6.08. The van der Waals surface area contributed by atoms with Crippen LogP contribution in [0.1, 0.15) is 30.0 Å². The third-order valence-corrected chi connectivity index (χ3v) is 7.60. The summed E-state index contributed by atoms with van der Waals surface area (Å²) in [5.41, 5.74) is 2.60. The monoisotopic (exact) mass is 519 g/mol. The van der Waals surface area contributed by atoms with E-state index in [0.29, 0.717) is 36.3 Å². The number of methoxy groups -OCH3 is 1. The molecule has 0 aliphatic rings. The lowest BCUT2D eigenvalue weighted by Gasteiger charge is -2.05. The van der Waals surface area contributed by atoms with Crippen molar-refractivity contribution >= 4 is 68.2 Å². The van der Waals surface area contributed by atoms with Crippen LogP contribution >= 0.6 is 62.2 Å². The normalized spacial score (nSPS) is 11.3. The molecule has 1 aromatic carbocycles. The number of nitrogens with zero attached hydrogens (tertiary/aromatic N) is 3. The number of hydrogen-bond donors (Lipinski definition) is 0. The van der Waals surface area contributed by atoms with Crippen molar-refractivity contribution in [3.8, 4) is 16.4 Å². The smallest absolute Gasteiger partial charge is 0.358 e. The molecule has 148 valence electrons. The van der Waals surface area contributed by atoms with Gasteiger partial charge in [0.15, 0.2) is 5.69 Å². The predicted molar refractivity (Wildman–Crippen MR) is 119 cm³/mol. The van der Waals surface area contributed by atoms with Crippen LogP contribution < -0.4 is 0 Å². The van der Waals surface area contributed by atoms with Gasteiger partial charge in [-0.1, -0.05) is 54.5 Å².